The average molecular weight is 307 g/mol. The van der Waals surface area contributed by atoms with E-state index < -0.39 is 10.2 Å². The summed E-state index contributed by atoms with van der Waals surface area (Å²) in [6.07, 6.45) is -0.0315. The van der Waals surface area contributed by atoms with E-state index in [0.29, 0.717) is 29.5 Å². The summed E-state index contributed by atoms with van der Waals surface area (Å²) in [6.45, 7) is 0.714. The number of nitrogens with zero attached hydrogens (tertiary/aromatic N) is 1. The van der Waals surface area contributed by atoms with Gasteiger partial charge < -0.3 is 9.47 Å². The summed E-state index contributed by atoms with van der Waals surface area (Å²) >= 11 is 5.94. The molecule has 0 saturated carbocycles. The van der Waals surface area contributed by atoms with Crippen LogP contribution in [-0.4, -0.2) is 46.1 Å². The Bertz CT molecular complexity index is 558. The second kappa shape index (κ2) is 5.54. The Hall–Kier alpha value is -1.02. The van der Waals surface area contributed by atoms with Gasteiger partial charge in [0.1, 0.15) is 5.75 Å². The van der Waals surface area contributed by atoms with Gasteiger partial charge in [-0.05, 0) is 18.2 Å². The zero-order valence-corrected chi connectivity index (χ0v) is 12.2. The van der Waals surface area contributed by atoms with Gasteiger partial charge in [-0.3, -0.25) is 4.72 Å². The quantitative estimate of drug-likeness (QED) is 0.891. The van der Waals surface area contributed by atoms with E-state index in [0.717, 1.165) is 0 Å². The molecule has 1 aromatic rings. The van der Waals surface area contributed by atoms with Gasteiger partial charge in [-0.25, -0.2) is 0 Å². The molecule has 0 bridgehead atoms. The summed E-state index contributed by atoms with van der Waals surface area (Å²) in [5.74, 6) is 0.494. The molecule has 0 unspecified atom stereocenters. The smallest absolute Gasteiger partial charge is 0.301 e. The van der Waals surface area contributed by atoms with E-state index in [1.54, 1.807) is 19.2 Å². The van der Waals surface area contributed by atoms with E-state index in [1.165, 1.54) is 17.5 Å². The highest BCUT2D eigenvalue weighted by Crippen LogP contribution is 2.28. The molecule has 6 nitrogen and oxygen atoms in total. The third-order valence-corrected chi connectivity index (χ3v) is 4.65. The summed E-state index contributed by atoms with van der Waals surface area (Å²) in [5, 5.41) is 0.348. The Labute approximate surface area is 117 Å². The van der Waals surface area contributed by atoms with Crippen molar-refractivity contribution >= 4 is 27.5 Å². The van der Waals surface area contributed by atoms with E-state index in [4.69, 9.17) is 21.1 Å². The van der Waals surface area contributed by atoms with Gasteiger partial charge in [0.2, 0.25) is 0 Å². The SMILES string of the molecule is COc1ccc(NS(=O)(=O)N2CC(OC)C2)cc1Cl. The third kappa shape index (κ3) is 3.11. The number of halogens is 1. The summed E-state index contributed by atoms with van der Waals surface area (Å²) in [4.78, 5) is 0. The first kappa shape index (κ1) is 14.4. The van der Waals surface area contributed by atoms with E-state index in [9.17, 15) is 8.42 Å². The maximum absolute atomic E-state index is 12.0. The van der Waals surface area contributed by atoms with Crippen molar-refractivity contribution in [3.8, 4) is 5.75 Å². The van der Waals surface area contributed by atoms with Crippen LogP contribution in [0.2, 0.25) is 5.02 Å². The number of ether oxygens (including phenoxy) is 2. The van der Waals surface area contributed by atoms with Crippen molar-refractivity contribution in [2.75, 3.05) is 32.0 Å². The summed E-state index contributed by atoms with van der Waals surface area (Å²) in [7, 11) is -0.495. The van der Waals surface area contributed by atoms with E-state index in [1.807, 2.05) is 0 Å². The van der Waals surface area contributed by atoms with Crippen molar-refractivity contribution < 1.29 is 17.9 Å². The number of rotatable bonds is 5. The van der Waals surface area contributed by atoms with Crippen LogP contribution in [0.5, 0.6) is 5.75 Å². The molecule has 1 fully saturated rings. The maximum Gasteiger partial charge on any atom is 0.301 e. The molecule has 1 heterocycles. The van der Waals surface area contributed by atoms with Crippen molar-refractivity contribution in [2.45, 2.75) is 6.10 Å². The zero-order chi connectivity index (χ0) is 14.0. The molecule has 8 heteroatoms. The molecular formula is C11H15ClN2O4S. The van der Waals surface area contributed by atoms with Crippen LogP contribution in [-0.2, 0) is 14.9 Å². The molecule has 1 aromatic carbocycles. The molecule has 0 atom stereocenters. The first-order chi connectivity index (χ1) is 8.96. The van der Waals surface area contributed by atoms with Crippen LogP contribution >= 0.6 is 11.6 Å². The van der Waals surface area contributed by atoms with Gasteiger partial charge in [0.15, 0.2) is 0 Å². The molecule has 0 aromatic heterocycles. The Morgan fingerprint density at radius 2 is 2.05 bits per heavy atom. The predicted molar refractivity (Wildman–Crippen MR) is 72.9 cm³/mol. The highest BCUT2D eigenvalue weighted by Gasteiger charge is 2.35. The first-order valence-corrected chi connectivity index (χ1v) is 7.42. The predicted octanol–water partition coefficient (Wildman–Crippen LogP) is 1.34. The molecule has 106 valence electrons. The van der Waals surface area contributed by atoms with E-state index in [-0.39, 0.29) is 6.10 Å². The number of methoxy groups -OCH3 is 2. The van der Waals surface area contributed by atoms with Gasteiger partial charge in [0.05, 0.1) is 23.9 Å². The summed E-state index contributed by atoms with van der Waals surface area (Å²) in [5.41, 5.74) is 0.395. The maximum atomic E-state index is 12.0. The minimum atomic E-state index is -3.55. The van der Waals surface area contributed by atoms with Crippen LogP contribution in [0.15, 0.2) is 18.2 Å². The minimum Gasteiger partial charge on any atom is -0.495 e. The Kier molecular flexibility index (Phi) is 4.19. The normalized spacial score (nSPS) is 17.0. The molecule has 1 aliphatic rings. The van der Waals surface area contributed by atoms with Crippen molar-refractivity contribution in [3.63, 3.8) is 0 Å². The van der Waals surface area contributed by atoms with E-state index in [2.05, 4.69) is 4.72 Å². The lowest BCUT2D eigenvalue weighted by atomic mass is 10.2. The molecule has 2 rings (SSSR count). The molecule has 1 saturated heterocycles. The largest absolute Gasteiger partial charge is 0.495 e. The molecule has 0 spiro atoms. The van der Waals surface area contributed by atoms with Crippen LogP contribution in [0.4, 0.5) is 5.69 Å². The Balaban J connectivity index is 2.06. The van der Waals surface area contributed by atoms with Gasteiger partial charge >= 0.3 is 10.2 Å². The molecular weight excluding hydrogens is 292 g/mol. The summed E-state index contributed by atoms with van der Waals surface area (Å²) < 4.78 is 37.8. The highest BCUT2D eigenvalue weighted by molar-refractivity contribution is 7.90. The molecule has 0 radical (unpaired) electrons. The fourth-order valence-electron chi connectivity index (χ4n) is 1.69. The van der Waals surface area contributed by atoms with Gasteiger partial charge in [-0.2, -0.15) is 12.7 Å². The van der Waals surface area contributed by atoms with E-state index >= 15 is 0 Å². The second-order valence-corrected chi connectivity index (χ2v) is 6.21. The molecule has 1 aliphatic heterocycles. The van der Waals surface area contributed by atoms with Gasteiger partial charge in [-0.15, -0.1) is 0 Å². The lowest BCUT2D eigenvalue weighted by molar-refractivity contribution is 0.0128. The van der Waals surface area contributed by atoms with Crippen LogP contribution in [0.25, 0.3) is 0 Å². The highest BCUT2D eigenvalue weighted by atomic mass is 35.5. The van der Waals surface area contributed by atoms with Crippen LogP contribution < -0.4 is 9.46 Å². The van der Waals surface area contributed by atoms with Crippen LogP contribution in [0.1, 0.15) is 0 Å². The number of hydrogen-bond acceptors (Lipinski definition) is 4. The number of hydrogen-bond donors (Lipinski definition) is 1. The van der Waals surface area contributed by atoms with Crippen LogP contribution in [0.3, 0.4) is 0 Å². The van der Waals surface area contributed by atoms with Gasteiger partial charge in [0.25, 0.3) is 0 Å². The van der Waals surface area contributed by atoms with Crippen LogP contribution in [0, 0.1) is 0 Å². The standard InChI is InChI=1S/C11H15ClN2O4S/c1-17-9-6-14(7-9)19(15,16)13-8-3-4-11(18-2)10(12)5-8/h3-5,9,13H,6-7H2,1-2H3. The first-order valence-electron chi connectivity index (χ1n) is 5.60. The number of nitrogens with one attached hydrogen (secondary N) is 1. The fourth-order valence-corrected chi connectivity index (χ4v) is 3.23. The molecule has 0 aliphatic carbocycles. The third-order valence-electron chi connectivity index (χ3n) is 2.89. The Morgan fingerprint density at radius 1 is 1.37 bits per heavy atom. The van der Waals surface area contributed by atoms with Crippen molar-refractivity contribution in [1.29, 1.82) is 0 Å². The monoisotopic (exact) mass is 306 g/mol. The lowest BCUT2D eigenvalue weighted by Gasteiger charge is -2.36. The fraction of sp³-hybridized carbons (Fsp3) is 0.455. The zero-order valence-electron chi connectivity index (χ0n) is 10.6. The van der Waals surface area contributed by atoms with Gasteiger partial charge in [0, 0.05) is 20.2 Å². The van der Waals surface area contributed by atoms with Crippen molar-refractivity contribution in [3.05, 3.63) is 23.2 Å². The molecule has 19 heavy (non-hydrogen) atoms. The minimum absolute atomic E-state index is 0.0315. The molecule has 0 amide bonds. The van der Waals surface area contributed by atoms with Crippen molar-refractivity contribution in [1.82, 2.24) is 4.31 Å². The Morgan fingerprint density at radius 3 is 2.58 bits per heavy atom. The number of benzene rings is 1. The molecule has 1 N–H and O–H groups in total. The van der Waals surface area contributed by atoms with Crippen molar-refractivity contribution in [2.24, 2.45) is 0 Å². The second-order valence-electron chi connectivity index (χ2n) is 4.13. The topological polar surface area (TPSA) is 67.9 Å². The summed E-state index contributed by atoms with van der Waals surface area (Å²) in [6, 6.07) is 4.70. The average Bonchev–Trinajstić information content (AvgIpc) is 2.26. The lowest BCUT2D eigenvalue weighted by Crippen LogP contribution is -2.55. The number of anilines is 1. The van der Waals surface area contributed by atoms with Gasteiger partial charge in [-0.1, -0.05) is 11.6 Å².